The van der Waals surface area contributed by atoms with Gasteiger partial charge in [-0.15, -0.1) is 0 Å². The van der Waals surface area contributed by atoms with Crippen LogP contribution in [0.3, 0.4) is 0 Å². The number of hydrogen-bond acceptors (Lipinski definition) is 8. The Morgan fingerprint density at radius 1 is 0.674 bits per heavy atom. The summed E-state index contributed by atoms with van der Waals surface area (Å²) in [5.74, 6) is -2.59. The lowest BCUT2D eigenvalue weighted by Gasteiger charge is -2.26. The first-order valence-electron chi connectivity index (χ1n) is 14.5. The number of carbonyl (C=O) groups excluding carboxylic acids is 5. The highest BCUT2D eigenvalue weighted by Crippen LogP contribution is 2.08. The van der Waals surface area contributed by atoms with E-state index in [1.54, 1.807) is 7.05 Å². The van der Waals surface area contributed by atoms with Gasteiger partial charge in [0.2, 0.25) is 29.5 Å². The average molecular weight is 613 g/mol. The van der Waals surface area contributed by atoms with Gasteiger partial charge < -0.3 is 54.8 Å². The zero-order valence-electron chi connectivity index (χ0n) is 25.8. The van der Waals surface area contributed by atoms with E-state index in [4.69, 9.17) is 22.9 Å². The van der Waals surface area contributed by atoms with Crippen LogP contribution in [0, 0.1) is 5.92 Å². The van der Waals surface area contributed by atoms with Crippen molar-refractivity contribution in [3.8, 4) is 0 Å². The molecule has 0 aliphatic heterocycles. The van der Waals surface area contributed by atoms with Gasteiger partial charge in [0.05, 0.1) is 19.1 Å². The molecule has 0 aromatic heterocycles. The average Bonchev–Trinajstić information content (AvgIpc) is 2.94. The summed E-state index contributed by atoms with van der Waals surface area (Å²) in [6, 6.07) is -2.58. The molecule has 17 heteroatoms. The SMILES string of the molecule is CCCNC(=O)CNC(=O)CNC(=O)[C@H](CCCN=C(N)N)NC(=O)[C@H](CC(C)C)NC(=O)[C@H](CCCN=C(N)N)NC. The van der Waals surface area contributed by atoms with Crippen molar-refractivity contribution in [1.29, 1.82) is 0 Å². The van der Waals surface area contributed by atoms with Crippen LogP contribution in [0.1, 0.15) is 59.3 Å². The minimum absolute atomic E-state index is 0.0357. The van der Waals surface area contributed by atoms with Crippen molar-refractivity contribution in [2.75, 3.05) is 39.8 Å². The molecule has 0 saturated carbocycles. The van der Waals surface area contributed by atoms with Crippen LogP contribution < -0.4 is 54.8 Å². The summed E-state index contributed by atoms with van der Waals surface area (Å²) in [7, 11) is 1.63. The lowest BCUT2D eigenvalue weighted by Crippen LogP contribution is -2.56. The Morgan fingerprint density at radius 2 is 1.16 bits per heavy atom. The summed E-state index contributed by atoms with van der Waals surface area (Å²) >= 11 is 0. The van der Waals surface area contributed by atoms with E-state index in [2.05, 4.69) is 41.9 Å². The van der Waals surface area contributed by atoms with Crippen molar-refractivity contribution in [2.24, 2.45) is 38.8 Å². The van der Waals surface area contributed by atoms with E-state index < -0.39 is 42.4 Å². The predicted octanol–water partition coefficient (Wildman–Crippen LogP) is -3.54. The number of guanidine groups is 2. The molecule has 0 saturated heterocycles. The Balaban J connectivity index is 5.42. The molecule has 0 heterocycles. The summed E-state index contributed by atoms with van der Waals surface area (Å²) in [5, 5.41) is 15.9. The van der Waals surface area contributed by atoms with Crippen molar-refractivity contribution in [2.45, 2.75) is 77.4 Å². The van der Waals surface area contributed by atoms with Gasteiger partial charge in [-0.3, -0.25) is 34.0 Å². The van der Waals surface area contributed by atoms with Crippen LogP contribution in [0.15, 0.2) is 9.98 Å². The summed E-state index contributed by atoms with van der Waals surface area (Å²) in [4.78, 5) is 71.0. The van der Waals surface area contributed by atoms with Crippen molar-refractivity contribution in [3.05, 3.63) is 0 Å². The van der Waals surface area contributed by atoms with E-state index in [9.17, 15) is 24.0 Å². The van der Waals surface area contributed by atoms with Gasteiger partial charge in [0.15, 0.2) is 11.9 Å². The van der Waals surface area contributed by atoms with Gasteiger partial charge in [0.1, 0.15) is 12.1 Å². The highest BCUT2D eigenvalue weighted by atomic mass is 16.2. The number of nitrogens with two attached hydrogens (primary N) is 4. The van der Waals surface area contributed by atoms with Gasteiger partial charge in [-0.25, -0.2) is 0 Å². The zero-order valence-corrected chi connectivity index (χ0v) is 25.8. The molecule has 0 aromatic carbocycles. The molecule has 0 fully saturated rings. The summed E-state index contributed by atoms with van der Waals surface area (Å²) in [6.45, 7) is 6.12. The third-order valence-electron chi connectivity index (χ3n) is 5.97. The normalized spacial score (nSPS) is 12.7. The molecule has 0 rings (SSSR count). The molecule has 0 unspecified atom stereocenters. The fraction of sp³-hybridized carbons (Fsp3) is 0.731. The molecule has 0 spiro atoms. The largest absolute Gasteiger partial charge is 0.370 e. The molecule has 17 nitrogen and oxygen atoms in total. The lowest BCUT2D eigenvalue weighted by molar-refractivity contribution is -0.133. The molecule has 5 amide bonds. The third kappa shape index (κ3) is 19.6. The molecule has 0 aliphatic rings. The topological polar surface area (TPSA) is 286 Å². The first kappa shape index (κ1) is 38.9. The van der Waals surface area contributed by atoms with Crippen molar-refractivity contribution in [1.82, 2.24) is 31.9 Å². The second-order valence-corrected chi connectivity index (χ2v) is 10.3. The molecule has 43 heavy (non-hydrogen) atoms. The smallest absolute Gasteiger partial charge is 0.243 e. The van der Waals surface area contributed by atoms with E-state index in [-0.39, 0.29) is 49.2 Å². The van der Waals surface area contributed by atoms with E-state index in [1.165, 1.54) is 0 Å². The molecule has 246 valence electrons. The second-order valence-electron chi connectivity index (χ2n) is 10.3. The molecular formula is C26H52N12O5. The van der Waals surface area contributed by atoms with Crippen LogP contribution in [0.2, 0.25) is 0 Å². The summed E-state index contributed by atoms with van der Waals surface area (Å²) < 4.78 is 0. The van der Waals surface area contributed by atoms with Gasteiger partial charge >= 0.3 is 0 Å². The number of hydrogen-bond donors (Lipinski definition) is 10. The summed E-state index contributed by atoms with van der Waals surface area (Å²) in [5.41, 5.74) is 21.4. The maximum atomic E-state index is 13.4. The van der Waals surface area contributed by atoms with E-state index >= 15 is 0 Å². The molecule has 0 bridgehead atoms. The number of nitrogens with zero attached hydrogens (tertiary/aromatic N) is 2. The van der Waals surface area contributed by atoms with Crippen LogP contribution >= 0.6 is 0 Å². The lowest BCUT2D eigenvalue weighted by atomic mass is 10.0. The zero-order chi connectivity index (χ0) is 32.8. The molecular weight excluding hydrogens is 560 g/mol. The first-order chi connectivity index (χ1) is 20.3. The standard InChI is InChI=1S/C26H52N12O5/c1-5-10-32-20(39)14-35-21(40)15-36-22(41)18(9-7-12-34-26(29)30)37-24(43)19(13-16(2)3)38-23(42)17(31-4)8-6-11-33-25(27)28/h16-19,31H,5-15H2,1-4H3,(H,32,39)(H,35,40)(H,36,41)(H,37,43)(H,38,42)(H4,27,28,33)(H4,29,30,34)/t17-,18-,19-/m0/s1. The highest BCUT2D eigenvalue weighted by Gasteiger charge is 2.29. The Hall–Kier alpha value is -4.15. The number of carbonyl (C=O) groups is 5. The first-order valence-corrected chi connectivity index (χ1v) is 14.5. The number of aliphatic imine (C=N–C) groups is 2. The Morgan fingerprint density at radius 3 is 1.67 bits per heavy atom. The van der Waals surface area contributed by atoms with Gasteiger partial charge in [-0.2, -0.15) is 0 Å². The van der Waals surface area contributed by atoms with Crippen molar-refractivity contribution >= 4 is 41.5 Å². The van der Waals surface area contributed by atoms with Crippen LogP contribution in [-0.2, 0) is 24.0 Å². The van der Waals surface area contributed by atoms with Gasteiger partial charge in [0, 0.05) is 19.6 Å². The fourth-order valence-corrected chi connectivity index (χ4v) is 3.79. The maximum Gasteiger partial charge on any atom is 0.243 e. The summed E-state index contributed by atoms with van der Waals surface area (Å²) in [6.07, 6.45) is 2.53. The number of rotatable bonds is 22. The molecule has 14 N–H and O–H groups in total. The quantitative estimate of drug-likeness (QED) is 0.0326. The number of nitrogens with one attached hydrogen (secondary N) is 6. The molecule has 0 aromatic rings. The van der Waals surface area contributed by atoms with Gasteiger partial charge in [-0.1, -0.05) is 20.8 Å². The van der Waals surface area contributed by atoms with Gasteiger partial charge in [-0.05, 0) is 51.5 Å². The van der Waals surface area contributed by atoms with E-state index in [0.717, 1.165) is 6.42 Å². The highest BCUT2D eigenvalue weighted by molar-refractivity contribution is 5.94. The van der Waals surface area contributed by atoms with Crippen LogP contribution in [0.5, 0.6) is 0 Å². The monoisotopic (exact) mass is 612 g/mol. The van der Waals surface area contributed by atoms with Gasteiger partial charge in [0.25, 0.3) is 0 Å². The maximum absolute atomic E-state index is 13.4. The van der Waals surface area contributed by atoms with E-state index in [1.807, 2.05) is 20.8 Å². The van der Waals surface area contributed by atoms with E-state index in [0.29, 0.717) is 38.8 Å². The number of likely N-dealkylation sites (N-methyl/N-ethyl adjacent to an activating group) is 1. The van der Waals surface area contributed by atoms with Crippen LogP contribution in [0.25, 0.3) is 0 Å². The van der Waals surface area contributed by atoms with Crippen LogP contribution in [-0.4, -0.2) is 99.4 Å². The molecule has 0 radical (unpaired) electrons. The Bertz CT molecular complexity index is 949. The predicted molar refractivity (Wildman–Crippen MR) is 165 cm³/mol. The minimum Gasteiger partial charge on any atom is -0.370 e. The molecule has 0 aliphatic carbocycles. The van der Waals surface area contributed by atoms with Crippen molar-refractivity contribution in [3.63, 3.8) is 0 Å². The Labute approximate surface area is 253 Å². The molecule has 3 atom stereocenters. The minimum atomic E-state index is -1.05. The van der Waals surface area contributed by atoms with Crippen LogP contribution in [0.4, 0.5) is 0 Å². The second kappa shape index (κ2) is 22.4. The third-order valence-corrected chi connectivity index (χ3v) is 5.97. The number of amides is 5. The van der Waals surface area contributed by atoms with Crippen molar-refractivity contribution < 1.29 is 24.0 Å². The Kier molecular flexibility index (Phi) is 20.3. The fourth-order valence-electron chi connectivity index (χ4n) is 3.79.